The van der Waals surface area contributed by atoms with Crippen molar-refractivity contribution >= 4 is 17.8 Å². The number of likely N-dealkylation sites (tertiary alicyclic amines) is 1. The summed E-state index contributed by atoms with van der Waals surface area (Å²) >= 11 is 0. The molecule has 4 fully saturated rings. The SMILES string of the molecule is COC(=O)[C@@H]1[C@@H]2[C@H](CN1C(=O)[C@@H](NC(=O)C1CC1)C1CC1)C2(C)C. The van der Waals surface area contributed by atoms with E-state index in [0.29, 0.717) is 12.5 Å². The Bertz CT molecular complexity index is 594. The van der Waals surface area contributed by atoms with Crippen LogP contribution in [0.25, 0.3) is 0 Å². The molecule has 0 unspecified atom stereocenters. The number of fused-ring (bicyclic) bond motifs is 1. The van der Waals surface area contributed by atoms with E-state index in [9.17, 15) is 14.4 Å². The van der Waals surface area contributed by atoms with E-state index in [1.54, 1.807) is 4.90 Å². The number of amides is 2. The van der Waals surface area contributed by atoms with Crippen LogP contribution in [-0.2, 0) is 19.1 Å². The first-order valence-corrected chi connectivity index (χ1v) is 9.05. The number of piperidine rings is 1. The number of esters is 1. The van der Waals surface area contributed by atoms with Crippen LogP contribution in [0.15, 0.2) is 0 Å². The van der Waals surface area contributed by atoms with Crippen molar-refractivity contribution < 1.29 is 19.1 Å². The molecule has 24 heavy (non-hydrogen) atoms. The summed E-state index contributed by atoms with van der Waals surface area (Å²) in [4.78, 5) is 39.2. The largest absolute Gasteiger partial charge is 0.467 e. The van der Waals surface area contributed by atoms with Gasteiger partial charge in [-0.3, -0.25) is 9.59 Å². The van der Waals surface area contributed by atoms with Gasteiger partial charge in [0.25, 0.3) is 0 Å². The van der Waals surface area contributed by atoms with Gasteiger partial charge in [-0.1, -0.05) is 13.8 Å². The Labute approximate surface area is 142 Å². The number of methoxy groups -OCH3 is 1. The summed E-state index contributed by atoms with van der Waals surface area (Å²) in [7, 11) is 1.38. The van der Waals surface area contributed by atoms with E-state index < -0.39 is 12.1 Å². The minimum absolute atomic E-state index is 0.000413. The smallest absolute Gasteiger partial charge is 0.328 e. The molecule has 4 aliphatic rings. The Morgan fingerprint density at radius 2 is 1.83 bits per heavy atom. The van der Waals surface area contributed by atoms with Gasteiger partial charge in [-0.2, -0.15) is 0 Å². The number of hydrogen-bond donors (Lipinski definition) is 1. The molecule has 0 aromatic rings. The minimum atomic E-state index is -0.499. The molecule has 0 radical (unpaired) electrons. The van der Waals surface area contributed by atoms with Crippen molar-refractivity contribution in [2.24, 2.45) is 29.1 Å². The van der Waals surface area contributed by atoms with Crippen LogP contribution in [0.2, 0.25) is 0 Å². The van der Waals surface area contributed by atoms with Crippen LogP contribution in [0.3, 0.4) is 0 Å². The molecular formula is C18H26N2O4. The van der Waals surface area contributed by atoms with E-state index in [4.69, 9.17) is 4.74 Å². The lowest BCUT2D eigenvalue weighted by molar-refractivity contribution is -0.154. The molecule has 1 N–H and O–H groups in total. The summed E-state index contributed by atoms with van der Waals surface area (Å²) in [5, 5.41) is 2.96. The molecule has 0 spiro atoms. The quantitative estimate of drug-likeness (QED) is 0.760. The average Bonchev–Trinajstić information content (AvgIpc) is 3.44. The van der Waals surface area contributed by atoms with E-state index in [-0.39, 0.29) is 41.0 Å². The number of nitrogens with zero attached hydrogens (tertiary/aromatic N) is 1. The summed E-state index contributed by atoms with van der Waals surface area (Å²) in [6.07, 6.45) is 3.78. The zero-order valence-corrected chi connectivity index (χ0v) is 14.6. The molecule has 0 bridgehead atoms. The summed E-state index contributed by atoms with van der Waals surface area (Å²) < 4.78 is 4.97. The highest BCUT2D eigenvalue weighted by molar-refractivity contribution is 5.93. The molecule has 0 aromatic heterocycles. The fourth-order valence-electron chi connectivity index (χ4n) is 4.51. The predicted molar refractivity (Wildman–Crippen MR) is 85.7 cm³/mol. The highest BCUT2D eigenvalue weighted by Crippen LogP contribution is 2.65. The lowest BCUT2D eigenvalue weighted by atomic mass is 9.99. The van der Waals surface area contributed by atoms with Crippen molar-refractivity contribution in [1.29, 1.82) is 0 Å². The first kappa shape index (κ1) is 15.9. The number of carbonyl (C=O) groups excluding carboxylic acids is 3. The summed E-state index contributed by atoms with van der Waals surface area (Å²) in [6, 6.07) is -0.965. The maximum Gasteiger partial charge on any atom is 0.328 e. The molecule has 4 rings (SSSR count). The van der Waals surface area contributed by atoms with Crippen molar-refractivity contribution in [2.75, 3.05) is 13.7 Å². The summed E-state index contributed by atoms with van der Waals surface area (Å²) in [5.41, 5.74) is 0.0853. The van der Waals surface area contributed by atoms with Crippen molar-refractivity contribution in [1.82, 2.24) is 10.2 Å². The highest BCUT2D eigenvalue weighted by Gasteiger charge is 2.70. The molecule has 2 amide bonds. The molecule has 132 valence electrons. The van der Waals surface area contributed by atoms with Gasteiger partial charge in [0.15, 0.2) is 0 Å². The van der Waals surface area contributed by atoms with Crippen molar-refractivity contribution in [2.45, 2.75) is 51.6 Å². The number of ether oxygens (including phenoxy) is 1. The maximum atomic E-state index is 13.1. The lowest BCUT2D eigenvalue weighted by Crippen LogP contribution is -2.55. The van der Waals surface area contributed by atoms with E-state index in [2.05, 4.69) is 19.2 Å². The standard InChI is InChI=1S/C18H26N2O4/c1-18(2)11-8-20(14(12(11)18)17(23)24-3)16(22)13(9-4-5-9)19-15(21)10-6-7-10/h9-14H,4-8H2,1-3H3,(H,19,21)/t11-,12-,13-,14-/m0/s1. The summed E-state index contributed by atoms with van der Waals surface area (Å²) in [5.74, 6) is 0.413. The molecule has 1 saturated heterocycles. The molecule has 3 aliphatic carbocycles. The van der Waals surface area contributed by atoms with Crippen LogP contribution in [0.4, 0.5) is 0 Å². The third-order valence-corrected chi connectivity index (χ3v) is 6.54. The van der Waals surface area contributed by atoms with Crippen molar-refractivity contribution in [3.63, 3.8) is 0 Å². The summed E-state index contributed by atoms with van der Waals surface area (Å²) in [6.45, 7) is 4.89. The van der Waals surface area contributed by atoms with Gasteiger partial charge in [-0.25, -0.2) is 4.79 Å². The van der Waals surface area contributed by atoms with Crippen LogP contribution in [0.5, 0.6) is 0 Å². The fraction of sp³-hybridized carbons (Fsp3) is 0.833. The third kappa shape index (κ3) is 2.42. The Morgan fingerprint density at radius 1 is 1.17 bits per heavy atom. The second-order valence-electron chi connectivity index (χ2n) is 8.51. The molecular weight excluding hydrogens is 308 g/mol. The van der Waals surface area contributed by atoms with Crippen LogP contribution >= 0.6 is 0 Å². The first-order valence-electron chi connectivity index (χ1n) is 9.05. The highest BCUT2D eigenvalue weighted by atomic mass is 16.5. The average molecular weight is 334 g/mol. The molecule has 3 saturated carbocycles. The number of nitrogens with one attached hydrogen (secondary N) is 1. The second-order valence-corrected chi connectivity index (χ2v) is 8.51. The van der Waals surface area contributed by atoms with Crippen LogP contribution in [0, 0.1) is 29.1 Å². The Hall–Kier alpha value is -1.59. The van der Waals surface area contributed by atoms with E-state index in [1.165, 1.54) is 7.11 Å². The number of hydrogen-bond acceptors (Lipinski definition) is 4. The van der Waals surface area contributed by atoms with Gasteiger partial charge in [-0.15, -0.1) is 0 Å². The molecule has 0 aromatic carbocycles. The zero-order valence-electron chi connectivity index (χ0n) is 14.6. The second kappa shape index (κ2) is 5.20. The number of carbonyl (C=O) groups is 3. The maximum absolute atomic E-state index is 13.1. The topological polar surface area (TPSA) is 75.7 Å². The Morgan fingerprint density at radius 3 is 2.38 bits per heavy atom. The third-order valence-electron chi connectivity index (χ3n) is 6.54. The normalized spacial score (nSPS) is 34.3. The molecule has 4 atom stereocenters. The Balaban J connectivity index is 1.51. The van der Waals surface area contributed by atoms with E-state index >= 15 is 0 Å². The van der Waals surface area contributed by atoms with E-state index in [1.807, 2.05) is 0 Å². The van der Waals surface area contributed by atoms with E-state index in [0.717, 1.165) is 25.7 Å². The van der Waals surface area contributed by atoms with Crippen molar-refractivity contribution in [3.05, 3.63) is 0 Å². The molecule has 1 heterocycles. The lowest BCUT2D eigenvalue weighted by Gasteiger charge is -2.32. The van der Waals surface area contributed by atoms with Crippen LogP contribution in [-0.4, -0.2) is 48.4 Å². The van der Waals surface area contributed by atoms with Crippen LogP contribution in [0.1, 0.15) is 39.5 Å². The van der Waals surface area contributed by atoms with Gasteiger partial charge in [0.2, 0.25) is 11.8 Å². The Kier molecular flexibility index (Phi) is 3.45. The molecule has 6 heteroatoms. The monoisotopic (exact) mass is 334 g/mol. The van der Waals surface area contributed by atoms with Crippen molar-refractivity contribution in [3.8, 4) is 0 Å². The fourth-order valence-corrected chi connectivity index (χ4v) is 4.51. The van der Waals surface area contributed by atoms with Gasteiger partial charge in [-0.05, 0) is 42.9 Å². The molecule has 6 nitrogen and oxygen atoms in total. The van der Waals surface area contributed by atoms with Gasteiger partial charge < -0.3 is 15.0 Å². The van der Waals surface area contributed by atoms with Crippen LogP contribution < -0.4 is 5.32 Å². The van der Waals surface area contributed by atoms with Gasteiger partial charge in [0.1, 0.15) is 12.1 Å². The van der Waals surface area contributed by atoms with Gasteiger partial charge >= 0.3 is 5.97 Å². The van der Waals surface area contributed by atoms with Gasteiger partial charge in [0, 0.05) is 18.4 Å². The zero-order chi connectivity index (χ0) is 17.2. The molecule has 1 aliphatic heterocycles. The minimum Gasteiger partial charge on any atom is -0.467 e. The van der Waals surface area contributed by atoms with Gasteiger partial charge in [0.05, 0.1) is 7.11 Å². The number of rotatable bonds is 5. The first-order chi connectivity index (χ1) is 11.4. The predicted octanol–water partition coefficient (Wildman–Crippen LogP) is 0.947.